The van der Waals surface area contributed by atoms with Crippen LogP contribution in [0.3, 0.4) is 0 Å². The maximum absolute atomic E-state index is 11.4. The van der Waals surface area contributed by atoms with Crippen molar-refractivity contribution in [3.05, 3.63) is 23.8 Å². The van der Waals surface area contributed by atoms with E-state index in [0.717, 1.165) is 25.7 Å². The number of rotatable bonds is 7. The van der Waals surface area contributed by atoms with Crippen LogP contribution in [-0.2, 0) is 16.0 Å². The summed E-state index contributed by atoms with van der Waals surface area (Å²) < 4.78 is 8.74. The van der Waals surface area contributed by atoms with E-state index < -0.39 is 37.1 Å². The standard InChI is InChI=1S/C21H28N8O5/c1-10-6-12(7-14(22)31)27-29(10)21-25-18(24-11-4-2-3-5-11)15-19(26-21)28(9-23-15)20-17(33)16(32)13(8-30)34-20/h6,9,11,13,16-17,20,30,32-33H,2-5,7-8H2,1H3,(H2,22,31)(H,24,25,26). The summed E-state index contributed by atoms with van der Waals surface area (Å²) in [6, 6.07) is 1.99. The first-order chi connectivity index (χ1) is 16.4. The Bertz CT molecular complexity index is 1200. The van der Waals surface area contributed by atoms with Crippen LogP contribution < -0.4 is 11.1 Å². The van der Waals surface area contributed by atoms with Crippen LogP contribution in [0, 0.1) is 6.92 Å². The molecule has 4 atom stereocenters. The lowest BCUT2D eigenvalue weighted by Crippen LogP contribution is -2.33. The Hall–Kier alpha value is -3.13. The lowest BCUT2D eigenvalue weighted by Gasteiger charge is -2.18. The number of hydrogen-bond donors (Lipinski definition) is 5. The third-order valence-corrected chi connectivity index (χ3v) is 6.38. The van der Waals surface area contributed by atoms with E-state index in [2.05, 4.69) is 25.4 Å². The second kappa shape index (κ2) is 8.91. The Kier molecular flexibility index (Phi) is 5.93. The summed E-state index contributed by atoms with van der Waals surface area (Å²) in [6.07, 6.45) is 1.28. The zero-order valence-electron chi connectivity index (χ0n) is 18.7. The van der Waals surface area contributed by atoms with Crippen molar-refractivity contribution in [1.29, 1.82) is 0 Å². The Balaban J connectivity index is 1.61. The maximum atomic E-state index is 11.4. The van der Waals surface area contributed by atoms with Crippen LogP contribution >= 0.6 is 0 Å². The third-order valence-electron chi connectivity index (χ3n) is 6.38. The molecule has 0 bridgehead atoms. The van der Waals surface area contributed by atoms with Gasteiger partial charge >= 0.3 is 0 Å². The molecule has 13 nitrogen and oxygen atoms in total. The van der Waals surface area contributed by atoms with Gasteiger partial charge in [0, 0.05) is 11.7 Å². The highest BCUT2D eigenvalue weighted by molar-refractivity contribution is 5.84. The lowest BCUT2D eigenvalue weighted by atomic mass is 10.1. The average Bonchev–Trinajstić information content (AvgIpc) is 3.57. The number of fused-ring (bicyclic) bond motifs is 1. The molecule has 3 aromatic rings. The first kappa shape index (κ1) is 22.7. The summed E-state index contributed by atoms with van der Waals surface area (Å²) in [5.41, 5.74) is 7.37. The quantitative estimate of drug-likeness (QED) is 0.295. The molecule has 1 saturated carbocycles. The molecular formula is C21H28N8O5. The van der Waals surface area contributed by atoms with Crippen LogP contribution in [0.25, 0.3) is 17.1 Å². The van der Waals surface area contributed by atoms with Crippen molar-refractivity contribution in [1.82, 2.24) is 29.3 Å². The van der Waals surface area contributed by atoms with Crippen molar-refractivity contribution in [3.63, 3.8) is 0 Å². The van der Waals surface area contributed by atoms with Crippen LogP contribution in [0.2, 0.25) is 0 Å². The minimum Gasteiger partial charge on any atom is -0.394 e. The van der Waals surface area contributed by atoms with Crippen molar-refractivity contribution in [2.45, 2.75) is 69.6 Å². The number of aliphatic hydroxyl groups is 3. The number of nitrogens with two attached hydrogens (primary N) is 1. The molecule has 1 saturated heterocycles. The molecule has 0 radical (unpaired) electrons. The Morgan fingerprint density at radius 3 is 2.71 bits per heavy atom. The number of carbonyl (C=O) groups excluding carboxylic acids is 1. The molecule has 2 fully saturated rings. The molecule has 1 amide bonds. The molecule has 13 heteroatoms. The number of primary amides is 1. The highest BCUT2D eigenvalue weighted by Crippen LogP contribution is 2.33. The van der Waals surface area contributed by atoms with E-state index in [0.29, 0.717) is 28.4 Å². The van der Waals surface area contributed by atoms with E-state index in [1.165, 1.54) is 15.6 Å². The van der Waals surface area contributed by atoms with Crippen LogP contribution in [0.15, 0.2) is 12.4 Å². The molecule has 0 aromatic carbocycles. The minimum absolute atomic E-state index is 0.0102. The van der Waals surface area contributed by atoms with Gasteiger partial charge in [0.15, 0.2) is 23.2 Å². The van der Waals surface area contributed by atoms with Gasteiger partial charge in [0.1, 0.15) is 18.3 Å². The van der Waals surface area contributed by atoms with Crippen LogP contribution in [-0.4, -0.2) is 81.5 Å². The number of anilines is 1. The largest absolute Gasteiger partial charge is 0.394 e. The summed E-state index contributed by atoms with van der Waals surface area (Å²) in [4.78, 5) is 25.2. The molecule has 34 heavy (non-hydrogen) atoms. The third kappa shape index (κ3) is 4.00. The zero-order chi connectivity index (χ0) is 24.0. The van der Waals surface area contributed by atoms with Crippen LogP contribution in [0.4, 0.5) is 5.82 Å². The summed E-state index contributed by atoms with van der Waals surface area (Å²) >= 11 is 0. The molecule has 1 aliphatic carbocycles. The fourth-order valence-corrected chi connectivity index (χ4v) is 4.67. The van der Waals surface area contributed by atoms with Crippen LogP contribution in [0.1, 0.15) is 43.3 Å². The molecule has 0 spiro atoms. The van der Waals surface area contributed by atoms with Gasteiger partial charge < -0.3 is 31.1 Å². The summed E-state index contributed by atoms with van der Waals surface area (Å²) in [6.45, 7) is 1.38. The molecule has 3 aromatic heterocycles. The molecule has 2 aliphatic rings. The van der Waals surface area contributed by atoms with Gasteiger partial charge in [0.25, 0.3) is 5.95 Å². The van der Waals surface area contributed by atoms with Crippen molar-refractivity contribution in [3.8, 4) is 5.95 Å². The Morgan fingerprint density at radius 2 is 2.03 bits per heavy atom. The fraction of sp³-hybridized carbons (Fsp3) is 0.571. The number of aryl methyl sites for hydroxylation is 1. The van der Waals surface area contributed by atoms with Gasteiger partial charge in [0.2, 0.25) is 5.91 Å². The Labute approximate surface area is 194 Å². The number of hydrogen-bond acceptors (Lipinski definition) is 10. The molecule has 4 unspecified atom stereocenters. The molecular weight excluding hydrogens is 444 g/mol. The summed E-state index contributed by atoms with van der Waals surface area (Å²) in [7, 11) is 0. The van der Waals surface area contributed by atoms with E-state index >= 15 is 0 Å². The number of amides is 1. The van der Waals surface area contributed by atoms with Crippen molar-refractivity contribution in [2.75, 3.05) is 11.9 Å². The molecule has 5 rings (SSSR count). The van der Waals surface area contributed by atoms with Gasteiger partial charge in [-0.15, -0.1) is 0 Å². The number of imidazole rings is 1. The van der Waals surface area contributed by atoms with E-state index in [4.69, 9.17) is 10.5 Å². The van der Waals surface area contributed by atoms with Crippen LogP contribution in [0.5, 0.6) is 0 Å². The van der Waals surface area contributed by atoms with Crippen molar-refractivity contribution >= 4 is 22.9 Å². The van der Waals surface area contributed by atoms with E-state index in [9.17, 15) is 20.1 Å². The van der Waals surface area contributed by atoms with Gasteiger partial charge in [-0.1, -0.05) is 12.8 Å². The van der Waals surface area contributed by atoms with Gasteiger partial charge in [-0.3, -0.25) is 9.36 Å². The maximum Gasteiger partial charge on any atom is 0.254 e. The van der Waals surface area contributed by atoms with Gasteiger partial charge in [-0.2, -0.15) is 15.1 Å². The van der Waals surface area contributed by atoms with Gasteiger partial charge in [-0.05, 0) is 25.8 Å². The lowest BCUT2D eigenvalue weighted by molar-refractivity contribution is -0.117. The number of aromatic nitrogens is 6. The monoisotopic (exact) mass is 472 g/mol. The summed E-state index contributed by atoms with van der Waals surface area (Å²) in [5, 5.41) is 38.2. The smallest absolute Gasteiger partial charge is 0.254 e. The van der Waals surface area contributed by atoms with Gasteiger partial charge in [0.05, 0.1) is 25.0 Å². The molecule has 1 aliphatic heterocycles. The normalized spacial score (nSPS) is 25.4. The fourth-order valence-electron chi connectivity index (χ4n) is 4.67. The number of nitrogens with one attached hydrogen (secondary N) is 1. The second-order valence-electron chi connectivity index (χ2n) is 8.88. The second-order valence-corrected chi connectivity index (χ2v) is 8.88. The van der Waals surface area contributed by atoms with E-state index in [1.807, 2.05) is 6.92 Å². The highest BCUT2D eigenvalue weighted by Gasteiger charge is 2.44. The SMILES string of the molecule is Cc1cc(CC(N)=O)nn1-c1nc(NC2CCCC2)c2ncn(C3OC(CO)C(O)C3O)c2n1. The van der Waals surface area contributed by atoms with Crippen molar-refractivity contribution in [2.24, 2.45) is 5.73 Å². The predicted molar refractivity (Wildman–Crippen MR) is 119 cm³/mol. The predicted octanol–water partition coefficient (Wildman–Crippen LogP) is -0.686. The topological polar surface area (TPSA) is 186 Å². The number of carbonyl (C=O) groups is 1. The molecule has 4 heterocycles. The van der Waals surface area contributed by atoms with E-state index in [1.54, 1.807) is 6.07 Å². The number of nitrogens with zero attached hydrogens (tertiary/aromatic N) is 6. The number of aliphatic hydroxyl groups excluding tert-OH is 3. The zero-order valence-corrected chi connectivity index (χ0v) is 18.7. The first-order valence-corrected chi connectivity index (χ1v) is 11.3. The highest BCUT2D eigenvalue weighted by atomic mass is 16.6. The minimum atomic E-state index is -1.28. The molecule has 6 N–H and O–H groups in total. The van der Waals surface area contributed by atoms with Crippen molar-refractivity contribution < 1.29 is 24.9 Å². The average molecular weight is 473 g/mol. The summed E-state index contributed by atoms with van der Waals surface area (Å²) in [5.74, 6) is 0.269. The first-order valence-electron chi connectivity index (χ1n) is 11.3. The number of ether oxygens (including phenoxy) is 1. The van der Waals surface area contributed by atoms with Gasteiger partial charge in [-0.25, -0.2) is 9.67 Å². The molecule has 182 valence electrons. The van der Waals surface area contributed by atoms with E-state index in [-0.39, 0.29) is 18.4 Å². The Morgan fingerprint density at radius 1 is 1.26 bits per heavy atom.